The monoisotopic (exact) mass is 408 g/mol. The molecule has 4 rings (SSSR count). The number of hydrogen-bond acceptors (Lipinski definition) is 3. The Hall–Kier alpha value is -1.47. The second kappa shape index (κ2) is 8.11. The number of rotatable bonds is 3. The van der Waals surface area contributed by atoms with Gasteiger partial charge < -0.3 is 4.90 Å². The average molecular weight is 409 g/mol. The van der Waals surface area contributed by atoms with Gasteiger partial charge in [-0.25, -0.2) is 12.8 Å². The molecule has 28 heavy (non-hydrogen) atoms. The minimum atomic E-state index is -3.70. The summed E-state index contributed by atoms with van der Waals surface area (Å²) < 4.78 is 40.5. The van der Waals surface area contributed by atoms with Crippen LogP contribution < -0.4 is 0 Å². The van der Waals surface area contributed by atoms with E-state index in [2.05, 4.69) is 4.90 Å². The van der Waals surface area contributed by atoms with Crippen LogP contribution in [-0.4, -0.2) is 49.2 Å². The van der Waals surface area contributed by atoms with Crippen molar-refractivity contribution >= 4 is 15.9 Å². The second-order valence-electron chi connectivity index (χ2n) is 8.44. The number of halogens is 1. The molecule has 0 N–H and O–H groups in total. The van der Waals surface area contributed by atoms with Crippen molar-refractivity contribution < 1.29 is 17.6 Å². The van der Waals surface area contributed by atoms with E-state index < -0.39 is 15.8 Å². The maximum atomic E-state index is 13.3. The number of benzene rings is 1. The van der Waals surface area contributed by atoms with Crippen LogP contribution in [0.15, 0.2) is 29.2 Å². The number of nitrogens with zero attached hydrogens (tertiary/aromatic N) is 2. The molecule has 2 heterocycles. The zero-order valence-corrected chi connectivity index (χ0v) is 17.0. The van der Waals surface area contributed by atoms with E-state index in [0.717, 1.165) is 37.9 Å². The Morgan fingerprint density at radius 3 is 2.39 bits per heavy atom. The molecule has 2 aliphatic heterocycles. The number of carbonyl (C=O) groups excluding carboxylic acids is 1. The number of piperidine rings is 2. The second-order valence-corrected chi connectivity index (χ2v) is 10.4. The predicted molar refractivity (Wildman–Crippen MR) is 105 cm³/mol. The summed E-state index contributed by atoms with van der Waals surface area (Å²) in [4.78, 5) is 15.5. The first-order valence-electron chi connectivity index (χ1n) is 10.5. The third-order valence-corrected chi connectivity index (χ3v) is 8.59. The van der Waals surface area contributed by atoms with Gasteiger partial charge in [-0.2, -0.15) is 4.31 Å². The Morgan fingerprint density at radius 1 is 0.929 bits per heavy atom. The van der Waals surface area contributed by atoms with Gasteiger partial charge in [0.1, 0.15) is 5.82 Å². The number of amides is 1. The van der Waals surface area contributed by atoms with E-state index in [1.54, 1.807) is 0 Å². The molecule has 154 valence electrons. The maximum absolute atomic E-state index is 13.3. The molecule has 0 spiro atoms. The molecule has 0 unspecified atom stereocenters. The fourth-order valence-electron chi connectivity index (χ4n) is 5.25. The van der Waals surface area contributed by atoms with Crippen molar-refractivity contribution in [3.8, 4) is 0 Å². The summed E-state index contributed by atoms with van der Waals surface area (Å²) in [6.45, 7) is 1.45. The minimum Gasteiger partial charge on any atom is -0.339 e. The Bertz CT molecular complexity index is 809. The van der Waals surface area contributed by atoms with Crippen molar-refractivity contribution in [3.63, 3.8) is 0 Å². The summed E-state index contributed by atoms with van der Waals surface area (Å²) in [5.74, 6) is 0.0205. The predicted octanol–water partition coefficient (Wildman–Crippen LogP) is 3.41. The minimum absolute atomic E-state index is 0.0901. The van der Waals surface area contributed by atoms with E-state index >= 15 is 0 Å². The van der Waals surface area contributed by atoms with E-state index in [-0.39, 0.29) is 23.3 Å². The Morgan fingerprint density at radius 2 is 1.61 bits per heavy atom. The van der Waals surface area contributed by atoms with Crippen molar-refractivity contribution in [2.24, 2.45) is 11.8 Å². The Kier molecular flexibility index (Phi) is 5.74. The number of fused-ring (bicyclic) bond motifs is 1. The first kappa shape index (κ1) is 19.8. The summed E-state index contributed by atoms with van der Waals surface area (Å²) >= 11 is 0. The van der Waals surface area contributed by atoms with Crippen LogP contribution in [0.1, 0.15) is 51.4 Å². The highest BCUT2D eigenvalue weighted by atomic mass is 32.2. The maximum Gasteiger partial charge on any atom is 0.243 e. The molecule has 1 saturated carbocycles. The first-order valence-corrected chi connectivity index (χ1v) is 12.0. The van der Waals surface area contributed by atoms with E-state index in [4.69, 9.17) is 0 Å². The molecular formula is C21H29FN2O3S. The van der Waals surface area contributed by atoms with Gasteiger partial charge in [0, 0.05) is 25.7 Å². The lowest BCUT2D eigenvalue weighted by atomic mass is 9.77. The normalized spacial score (nSPS) is 29.3. The molecule has 3 aliphatic rings. The SMILES string of the molecule is O=C([C@@H]1CCCN(S(=O)(=O)c2ccc(F)cc2)C1)N1CCC[C@H]2CCCC[C@H]21. The van der Waals surface area contributed by atoms with Gasteiger partial charge in [0.25, 0.3) is 0 Å². The van der Waals surface area contributed by atoms with Crippen LogP contribution in [0, 0.1) is 17.7 Å². The van der Waals surface area contributed by atoms with Gasteiger partial charge in [-0.05, 0) is 68.7 Å². The highest BCUT2D eigenvalue weighted by Gasteiger charge is 2.40. The largest absolute Gasteiger partial charge is 0.339 e. The van der Waals surface area contributed by atoms with Crippen molar-refractivity contribution in [1.29, 1.82) is 0 Å². The molecule has 2 saturated heterocycles. The standard InChI is InChI=1S/C21H29FN2O3S/c22-18-9-11-19(12-10-18)28(26,27)23-13-3-7-17(15-23)21(25)24-14-4-6-16-5-1-2-8-20(16)24/h9-12,16-17,20H,1-8,13-15H2/t16-,17-,20-/m1/s1. The zero-order valence-electron chi connectivity index (χ0n) is 16.2. The lowest BCUT2D eigenvalue weighted by Gasteiger charge is -2.46. The number of sulfonamides is 1. The Labute approximate surface area is 166 Å². The fourth-order valence-corrected chi connectivity index (χ4v) is 6.77. The molecular weight excluding hydrogens is 379 g/mol. The Balaban J connectivity index is 1.48. The van der Waals surface area contributed by atoms with E-state index in [1.807, 2.05) is 0 Å². The van der Waals surface area contributed by atoms with E-state index in [9.17, 15) is 17.6 Å². The lowest BCUT2D eigenvalue weighted by molar-refractivity contribution is -0.143. The van der Waals surface area contributed by atoms with Crippen LogP contribution in [-0.2, 0) is 14.8 Å². The molecule has 1 amide bonds. The van der Waals surface area contributed by atoms with Gasteiger partial charge >= 0.3 is 0 Å². The van der Waals surface area contributed by atoms with Gasteiger partial charge in [0.2, 0.25) is 15.9 Å². The summed E-state index contributed by atoms with van der Waals surface area (Å²) in [7, 11) is -3.70. The topological polar surface area (TPSA) is 57.7 Å². The smallest absolute Gasteiger partial charge is 0.243 e. The van der Waals surface area contributed by atoms with Crippen LogP contribution in [0.5, 0.6) is 0 Å². The summed E-state index contributed by atoms with van der Waals surface area (Å²) in [5, 5.41) is 0. The van der Waals surface area contributed by atoms with Crippen molar-refractivity contribution in [3.05, 3.63) is 30.1 Å². The van der Waals surface area contributed by atoms with E-state index in [0.29, 0.717) is 24.9 Å². The average Bonchev–Trinajstić information content (AvgIpc) is 2.73. The summed E-state index contributed by atoms with van der Waals surface area (Å²) in [6, 6.07) is 5.27. The quantitative estimate of drug-likeness (QED) is 0.770. The molecule has 3 atom stereocenters. The number of carbonyl (C=O) groups is 1. The molecule has 1 aromatic carbocycles. The fraction of sp³-hybridized carbons (Fsp3) is 0.667. The van der Waals surface area contributed by atoms with Crippen LogP contribution in [0.25, 0.3) is 0 Å². The molecule has 0 radical (unpaired) electrons. The molecule has 3 fully saturated rings. The van der Waals surface area contributed by atoms with Crippen LogP contribution in [0.4, 0.5) is 4.39 Å². The zero-order chi connectivity index (χ0) is 19.7. The summed E-state index contributed by atoms with van der Waals surface area (Å²) in [5.41, 5.74) is 0. The first-order chi connectivity index (χ1) is 13.5. The van der Waals surface area contributed by atoms with Gasteiger partial charge in [-0.15, -0.1) is 0 Å². The molecule has 1 aliphatic carbocycles. The molecule has 1 aromatic rings. The number of likely N-dealkylation sites (tertiary alicyclic amines) is 1. The van der Waals surface area contributed by atoms with Crippen LogP contribution in [0.3, 0.4) is 0 Å². The molecule has 0 bridgehead atoms. The summed E-state index contributed by atoms with van der Waals surface area (Å²) in [6.07, 6.45) is 8.42. The van der Waals surface area contributed by atoms with Crippen molar-refractivity contribution in [1.82, 2.24) is 9.21 Å². The molecule has 0 aromatic heterocycles. The van der Waals surface area contributed by atoms with Gasteiger partial charge in [-0.1, -0.05) is 12.8 Å². The van der Waals surface area contributed by atoms with E-state index in [1.165, 1.54) is 42.1 Å². The van der Waals surface area contributed by atoms with Crippen molar-refractivity contribution in [2.45, 2.75) is 62.3 Å². The molecule has 7 heteroatoms. The lowest BCUT2D eigenvalue weighted by Crippen LogP contribution is -2.54. The highest BCUT2D eigenvalue weighted by molar-refractivity contribution is 7.89. The van der Waals surface area contributed by atoms with Gasteiger partial charge in [-0.3, -0.25) is 4.79 Å². The highest BCUT2D eigenvalue weighted by Crippen LogP contribution is 2.37. The third-order valence-electron chi connectivity index (χ3n) is 6.71. The van der Waals surface area contributed by atoms with Crippen LogP contribution in [0.2, 0.25) is 0 Å². The van der Waals surface area contributed by atoms with Crippen LogP contribution >= 0.6 is 0 Å². The number of hydrogen-bond donors (Lipinski definition) is 0. The van der Waals surface area contributed by atoms with Gasteiger partial charge in [0.15, 0.2) is 0 Å². The van der Waals surface area contributed by atoms with Crippen molar-refractivity contribution in [2.75, 3.05) is 19.6 Å². The molecule has 5 nitrogen and oxygen atoms in total. The van der Waals surface area contributed by atoms with Gasteiger partial charge in [0.05, 0.1) is 10.8 Å². The third kappa shape index (κ3) is 3.83.